The number of fused-ring (bicyclic) bond motifs is 1. The van der Waals surface area contributed by atoms with E-state index < -0.39 is 11.0 Å². The molecule has 1 aliphatic carbocycles. The molecular formula is C25H28N4O3. The lowest BCUT2D eigenvalue weighted by atomic mass is 9.61. The predicted octanol–water partition coefficient (Wildman–Crippen LogP) is 2.75. The number of aromatic nitrogens is 2. The molecular weight excluding hydrogens is 404 g/mol. The van der Waals surface area contributed by atoms with Crippen LogP contribution in [0.1, 0.15) is 61.6 Å². The molecule has 2 heterocycles. The van der Waals surface area contributed by atoms with E-state index in [-0.39, 0.29) is 24.3 Å². The molecule has 1 fully saturated rings. The number of nitriles is 1. The van der Waals surface area contributed by atoms with Crippen LogP contribution in [0.25, 0.3) is 0 Å². The van der Waals surface area contributed by atoms with Gasteiger partial charge >= 0.3 is 0 Å². The number of aryl methyl sites for hydroxylation is 1. The van der Waals surface area contributed by atoms with Crippen molar-refractivity contribution in [1.82, 2.24) is 10.2 Å². The SMILES string of the molecule is Cc1[nH]nc2c1C(c1cc(C#CC3CC(C)(O)C3)cc(CO)c1)(C(C)C)C(C#N)=C(N)O2. The smallest absolute Gasteiger partial charge is 0.244 e. The number of aliphatic hydroxyl groups excluding tert-OH is 1. The van der Waals surface area contributed by atoms with Crippen LogP contribution in [0.3, 0.4) is 0 Å². The summed E-state index contributed by atoms with van der Waals surface area (Å²) in [5.74, 6) is 6.89. The van der Waals surface area contributed by atoms with Gasteiger partial charge in [-0.05, 0) is 55.9 Å². The normalized spacial score (nSPS) is 26.5. The van der Waals surface area contributed by atoms with Gasteiger partial charge < -0.3 is 20.7 Å². The molecule has 0 saturated heterocycles. The van der Waals surface area contributed by atoms with Crippen LogP contribution in [0.4, 0.5) is 0 Å². The van der Waals surface area contributed by atoms with Crippen molar-refractivity contribution in [3.8, 4) is 23.8 Å². The van der Waals surface area contributed by atoms with Gasteiger partial charge in [-0.3, -0.25) is 5.10 Å². The molecule has 0 radical (unpaired) electrons. The molecule has 2 aliphatic rings. The summed E-state index contributed by atoms with van der Waals surface area (Å²) >= 11 is 0. The monoisotopic (exact) mass is 432 g/mol. The Morgan fingerprint density at radius 1 is 1.34 bits per heavy atom. The Balaban J connectivity index is 1.93. The zero-order valence-electron chi connectivity index (χ0n) is 18.8. The minimum atomic E-state index is -0.911. The average molecular weight is 433 g/mol. The number of nitrogens with one attached hydrogen (secondary N) is 1. The number of nitrogens with two attached hydrogens (primary N) is 1. The van der Waals surface area contributed by atoms with Crippen molar-refractivity contribution < 1.29 is 14.9 Å². The Kier molecular flexibility index (Phi) is 5.29. The Hall–Kier alpha value is -3.26. The topological polar surface area (TPSA) is 128 Å². The van der Waals surface area contributed by atoms with E-state index in [1.165, 1.54) is 0 Å². The highest BCUT2D eigenvalue weighted by Gasteiger charge is 2.50. The van der Waals surface area contributed by atoms with Crippen LogP contribution in [0, 0.1) is 41.9 Å². The number of aromatic amines is 1. The fourth-order valence-corrected chi connectivity index (χ4v) is 5.13. The second kappa shape index (κ2) is 7.70. The molecule has 2 aromatic rings. The van der Waals surface area contributed by atoms with Crippen LogP contribution in [0.15, 0.2) is 29.7 Å². The van der Waals surface area contributed by atoms with Crippen molar-refractivity contribution in [2.24, 2.45) is 17.6 Å². The fraction of sp³-hybridized carbons (Fsp3) is 0.440. The minimum Gasteiger partial charge on any atom is -0.420 e. The first kappa shape index (κ1) is 22.0. The lowest BCUT2D eigenvalue weighted by Gasteiger charge is -2.41. The summed E-state index contributed by atoms with van der Waals surface area (Å²) in [6, 6.07) is 7.98. The van der Waals surface area contributed by atoms with Crippen molar-refractivity contribution in [2.45, 2.75) is 58.2 Å². The molecule has 1 aliphatic heterocycles. The van der Waals surface area contributed by atoms with Gasteiger partial charge in [0.15, 0.2) is 0 Å². The highest BCUT2D eigenvalue weighted by molar-refractivity contribution is 5.63. The molecule has 1 aromatic carbocycles. The van der Waals surface area contributed by atoms with Crippen LogP contribution >= 0.6 is 0 Å². The predicted molar refractivity (Wildman–Crippen MR) is 119 cm³/mol. The molecule has 0 amide bonds. The molecule has 166 valence electrons. The average Bonchev–Trinajstić information content (AvgIpc) is 3.09. The van der Waals surface area contributed by atoms with Gasteiger partial charge in [-0.1, -0.05) is 31.8 Å². The summed E-state index contributed by atoms with van der Waals surface area (Å²) < 4.78 is 5.68. The zero-order chi connectivity index (χ0) is 23.3. The maximum atomic E-state index is 10.1. The number of benzene rings is 1. The lowest BCUT2D eigenvalue weighted by molar-refractivity contribution is -0.0386. The van der Waals surface area contributed by atoms with Gasteiger partial charge in [-0.15, -0.1) is 5.10 Å². The number of rotatable bonds is 3. The van der Waals surface area contributed by atoms with Gasteiger partial charge in [-0.25, -0.2) is 0 Å². The van der Waals surface area contributed by atoms with Gasteiger partial charge in [0.25, 0.3) is 0 Å². The largest absolute Gasteiger partial charge is 0.420 e. The molecule has 1 unspecified atom stereocenters. The van der Waals surface area contributed by atoms with Crippen LogP contribution in [0.2, 0.25) is 0 Å². The second-order valence-corrected chi connectivity index (χ2v) is 9.39. The zero-order valence-corrected chi connectivity index (χ0v) is 18.8. The summed E-state index contributed by atoms with van der Waals surface area (Å²) in [6.45, 7) is 7.60. The summed E-state index contributed by atoms with van der Waals surface area (Å²) in [7, 11) is 0. The minimum absolute atomic E-state index is 0.0268. The van der Waals surface area contributed by atoms with Crippen molar-refractivity contribution >= 4 is 0 Å². The van der Waals surface area contributed by atoms with Crippen LogP contribution in [-0.2, 0) is 12.0 Å². The molecule has 7 heteroatoms. The van der Waals surface area contributed by atoms with Gasteiger partial charge in [0.2, 0.25) is 11.8 Å². The molecule has 7 nitrogen and oxygen atoms in total. The molecule has 0 spiro atoms. The van der Waals surface area contributed by atoms with Crippen molar-refractivity contribution in [2.75, 3.05) is 0 Å². The van der Waals surface area contributed by atoms with E-state index in [9.17, 15) is 15.5 Å². The molecule has 1 atom stereocenters. The quantitative estimate of drug-likeness (QED) is 0.552. The molecule has 32 heavy (non-hydrogen) atoms. The Morgan fingerprint density at radius 2 is 2.06 bits per heavy atom. The maximum absolute atomic E-state index is 10.1. The van der Waals surface area contributed by atoms with Gasteiger partial charge in [0, 0.05) is 17.2 Å². The lowest BCUT2D eigenvalue weighted by Crippen LogP contribution is -2.41. The molecule has 1 saturated carbocycles. The number of hydrogen-bond donors (Lipinski definition) is 4. The summed E-state index contributed by atoms with van der Waals surface area (Å²) in [4.78, 5) is 0. The maximum Gasteiger partial charge on any atom is 0.244 e. The van der Waals surface area contributed by atoms with Gasteiger partial charge in [0.1, 0.15) is 11.6 Å². The fourth-order valence-electron chi connectivity index (χ4n) is 5.13. The second-order valence-electron chi connectivity index (χ2n) is 9.39. The van der Waals surface area contributed by atoms with E-state index in [1.807, 2.05) is 45.9 Å². The Bertz CT molecular complexity index is 1200. The number of nitrogens with zero attached hydrogens (tertiary/aromatic N) is 2. The highest BCUT2D eigenvalue weighted by Crippen LogP contribution is 2.52. The van der Waals surface area contributed by atoms with E-state index in [1.54, 1.807) is 0 Å². The summed E-state index contributed by atoms with van der Waals surface area (Å²) in [5, 5.41) is 37.3. The van der Waals surface area contributed by atoms with Gasteiger partial charge in [0.05, 0.1) is 23.2 Å². The van der Waals surface area contributed by atoms with E-state index in [2.05, 4.69) is 28.1 Å². The third kappa shape index (κ3) is 3.35. The number of aliphatic hydroxyl groups is 2. The third-order valence-electron chi connectivity index (χ3n) is 6.56. The number of allylic oxidation sites excluding steroid dienone is 1. The highest BCUT2D eigenvalue weighted by atomic mass is 16.5. The van der Waals surface area contributed by atoms with E-state index in [4.69, 9.17) is 10.5 Å². The van der Waals surface area contributed by atoms with Crippen LogP contribution < -0.4 is 10.5 Å². The number of ether oxygens (including phenoxy) is 1. The molecule has 4 rings (SSSR count). The molecule has 5 N–H and O–H groups in total. The van der Waals surface area contributed by atoms with E-state index >= 15 is 0 Å². The number of H-pyrrole nitrogens is 1. The van der Waals surface area contributed by atoms with Crippen molar-refractivity contribution in [1.29, 1.82) is 5.26 Å². The van der Waals surface area contributed by atoms with E-state index in [0.717, 1.165) is 22.4 Å². The summed E-state index contributed by atoms with van der Waals surface area (Å²) in [5.41, 5.74) is 8.75. The Morgan fingerprint density at radius 3 is 2.66 bits per heavy atom. The van der Waals surface area contributed by atoms with Crippen LogP contribution in [-0.4, -0.2) is 26.0 Å². The molecule has 1 aromatic heterocycles. The van der Waals surface area contributed by atoms with Crippen molar-refractivity contribution in [3.05, 3.63) is 57.6 Å². The molecule has 0 bridgehead atoms. The first-order valence-electron chi connectivity index (χ1n) is 10.7. The van der Waals surface area contributed by atoms with Crippen molar-refractivity contribution in [3.63, 3.8) is 0 Å². The van der Waals surface area contributed by atoms with E-state index in [0.29, 0.717) is 29.9 Å². The standard InChI is InChI=1S/C25H28N4O3/c1-14(2)25(20(12-26)22(27)32-23-21(25)15(3)28-29-23)19-8-16(7-18(9-19)13-30)5-6-17-10-24(4,31)11-17/h7-9,14,17,30-31H,10-11,13,27H2,1-4H3,(H,28,29). The van der Waals surface area contributed by atoms with Crippen LogP contribution in [0.5, 0.6) is 5.88 Å². The number of hydrogen-bond acceptors (Lipinski definition) is 6. The third-order valence-corrected chi connectivity index (χ3v) is 6.56. The first-order valence-corrected chi connectivity index (χ1v) is 10.7. The van der Waals surface area contributed by atoms with Gasteiger partial charge in [-0.2, -0.15) is 5.26 Å². The first-order chi connectivity index (χ1) is 15.1. The Labute approximate surface area is 187 Å². The summed E-state index contributed by atoms with van der Waals surface area (Å²) in [6.07, 6.45) is 1.30.